The minimum atomic E-state index is -1.84. The number of carbonyl (C=O) groups excluding carboxylic acids is 1. The zero-order valence-electron chi connectivity index (χ0n) is 19.1. The van der Waals surface area contributed by atoms with E-state index in [1.165, 1.54) is 0 Å². The van der Waals surface area contributed by atoms with E-state index >= 15 is 0 Å². The molecule has 8 heteroatoms. The zero-order valence-corrected chi connectivity index (χ0v) is 21.7. The van der Waals surface area contributed by atoms with Gasteiger partial charge in [0.05, 0.1) is 11.8 Å². The molecule has 2 aromatic heterocycles. The maximum absolute atomic E-state index is 13.0. The fourth-order valence-corrected chi connectivity index (χ4v) is 5.33. The van der Waals surface area contributed by atoms with Crippen molar-refractivity contribution in [3.63, 3.8) is 0 Å². The first kappa shape index (κ1) is 23.9. The number of halogens is 1. The second-order valence-corrected chi connectivity index (χ2v) is 15.3. The molecule has 0 spiro atoms. The lowest BCUT2D eigenvalue weighted by atomic mass is 10.0. The lowest BCUT2D eigenvalue weighted by molar-refractivity contribution is 0.0989. The second-order valence-electron chi connectivity index (χ2n) is 9.76. The van der Waals surface area contributed by atoms with Crippen LogP contribution >= 0.6 is 15.9 Å². The third-order valence-corrected chi connectivity index (χ3v) is 11.3. The Morgan fingerprint density at radius 2 is 2.06 bits per heavy atom. The third-order valence-electron chi connectivity index (χ3n) is 6.37. The van der Waals surface area contributed by atoms with E-state index in [4.69, 9.17) is 10.2 Å². The van der Waals surface area contributed by atoms with Crippen LogP contribution in [0.3, 0.4) is 0 Å². The average molecular weight is 506 g/mol. The Morgan fingerprint density at radius 3 is 2.77 bits per heavy atom. The highest BCUT2D eigenvalue weighted by molar-refractivity contribution is 9.10. The molecule has 0 saturated carbocycles. The van der Waals surface area contributed by atoms with Crippen molar-refractivity contribution in [3.05, 3.63) is 46.5 Å². The number of aromatic nitrogens is 2. The van der Waals surface area contributed by atoms with Crippen LogP contribution in [-0.4, -0.2) is 43.3 Å². The molecule has 2 N–H and O–H groups in total. The summed E-state index contributed by atoms with van der Waals surface area (Å²) in [5, 5.41) is 0.181. The summed E-state index contributed by atoms with van der Waals surface area (Å²) >= 11 is 3.32. The van der Waals surface area contributed by atoms with E-state index in [0.717, 1.165) is 37.2 Å². The highest BCUT2D eigenvalue weighted by atomic mass is 79.9. The Balaban J connectivity index is 1.78. The van der Waals surface area contributed by atoms with Gasteiger partial charge in [-0.05, 0) is 65.1 Å². The van der Waals surface area contributed by atoms with Crippen LogP contribution in [-0.2, 0) is 10.8 Å². The maximum Gasteiger partial charge on any atom is 0.192 e. The number of hydrogen-bond donors (Lipinski definition) is 1. The summed E-state index contributed by atoms with van der Waals surface area (Å²) in [5.41, 5.74) is 8.61. The van der Waals surface area contributed by atoms with Gasteiger partial charge in [0, 0.05) is 43.2 Å². The monoisotopic (exact) mass is 504 g/mol. The van der Waals surface area contributed by atoms with E-state index < -0.39 is 8.32 Å². The van der Waals surface area contributed by atoms with Gasteiger partial charge in [0.25, 0.3) is 0 Å². The first-order valence-corrected chi connectivity index (χ1v) is 14.5. The Bertz CT molecular complexity index is 945. The summed E-state index contributed by atoms with van der Waals surface area (Å²) in [6.07, 6.45) is 6.11. The molecule has 168 valence electrons. The van der Waals surface area contributed by atoms with Gasteiger partial charge < -0.3 is 15.1 Å². The van der Waals surface area contributed by atoms with Crippen LogP contribution < -0.4 is 10.6 Å². The molecule has 0 aromatic carbocycles. The van der Waals surface area contributed by atoms with Crippen molar-refractivity contribution in [1.29, 1.82) is 0 Å². The van der Waals surface area contributed by atoms with Gasteiger partial charge in [-0.25, -0.2) is 4.98 Å². The Hall–Kier alpha value is -1.77. The molecule has 2 aromatic rings. The van der Waals surface area contributed by atoms with Gasteiger partial charge in [-0.3, -0.25) is 9.78 Å². The highest BCUT2D eigenvalue weighted by Crippen LogP contribution is 2.38. The van der Waals surface area contributed by atoms with E-state index in [0.29, 0.717) is 16.0 Å². The molecule has 1 aliphatic heterocycles. The quantitative estimate of drug-likeness (QED) is 0.329. The van der Waals surface area contributed by atoms with Crippen LogP contribution in [0.15, 0.2) is 35.2 Å². The van der Waals surface area contributed by atoms with Crippen LogP contribution in [0.5, 0.6) is 0 Å². The van der Waals surface area contributed by atoms with Gasteiger partial charge in [0.1, 0.15) is 10.3 Å². The van der Waals surface area contributed by atoms with Crippen molar-refractivity contribution in [2.24, 2.45) is 0 Å². The lowest BCUT2D eigenvalue weighted by Gasteiger charge is -2.43. The highest BCUT2D eigenvalue weighted by Gasteiger charge is 2.40. The predicted octanol–water partition coefficient (Wildman–Crippen LogP) is 5.24. The van der Waals surface area contributed by atoms with Gasteiger partial charge in [0.2, 0.25) is 0 Å². The number of rotatable bonds is 6. The van der Waals surface area contributed by atoms with E-state index in [-0.39, 0.29) is 23.3 Å². The number of pyridine rings is 2. The first-order valence-electron chi connectivity index (χ1n) is 10.8. The number of carbonyl (C=O) groups is 1. The molecule has 31 heavy (non-hydrogen) atoms. The number of nitrogens with two attached hydrogens (primary N) is 1. The molecule has 3 heterocycles. The normalized spacial score (nSPS) is 17.6. The summed E-state index contributed by atoms with van der Waals surface area (Å²) in [4.78, 5) is 23.8. The van der Waals surface area contributed by atoms with Crippen molar-refractivity contribution in [1.82, 2.24) is 9.97 Å². The van der Waals surface area contributed by atoms with Gasteiger partial charge in [-0.15, -0.1) is 0 Å². The molecular formula is C23H33BrN4O2Si. The lowest BCUT2D eigenvalue weighted by Crippen LogP contribution is -2.49. The minimum absolute atomic E-state index is 0.112. The number of anilines is 2. The summed E-state index contributed by atoms with van der Waals surface area (Å²) in [6, 6.07) is 5.43. The first-order chi connectivity index (χ1) is 14.5. The van der Waals surface area contributed by atoms with Gasteiger partial charge >= 0.3 is 0 Å². The number of ketones is 1. The van der Waals surface area contributed by atoms with Crippen molar-refractivity contribution in [2.75, 3.05) is 23.7 Å². The third kappa shape index (κ3) is 5.73. The van der Waals surface area contributed by atoms with Crippen LogP contribution in [0.1, 0.15) is 49.7 Å². The van der Waals surface area contributed by atoms with Crippen molar-refractivity contribution >= 4 is 41.4 Å². The Morgan fingerprint density at radius 1 is 1.32 bits per heavy atom. The molecule has 1 saturated heterocycles. The van der Waals surface area contributed by atoms with E-state index in [1.807, 2.05) is 6.07 Å². The Kier molecular flexibility index (Phi) is 7.23. The average Bonchev–Trinajstić information content (AvgIpc) is 2.69. The summed E-state index contributed by atoms with van der Waals surface area (Å²) in [6.45, 7) is 13.2. The number of Topliss-reactive ketones (excluding diaryl/α,β-unsaturated/α-hetero) is 1. The largest absolute Gasteiger partial charge is 0.412 e. The maximum atomic E-state index is 13.0. The smallest absolute Gasteiger partial charge is 0.192 e. The van der Waals surface area contributed by atoms with E-state index in [2.05, 4.69) is 64.7 Å². The molecule has 0 unspecified atom stereocenters. The number of nitrogen functional groups attached to an aromatic ring is 1. The molecule has 1 aliphatic rings. The van der Waals surface area contributed by atoms with Crippen molar-refractivity contribution in [3.8, 4) is 0 Å². The van der Waals surface area contributed by atoms with E-state index in [9.17, 15) is 4.79 Å². The van der Waals surface area contributed by atoms with E-state index in [1.54, 1.807) is 24.5 Å². The second kappa shape index (κ2) is 9.38. The molecule has 6 nitrogen and oxygen atoms in total. The van der Waals surface area contributed by atoms with Crippen LogP contribution in [0.2, 0.25) is 18.1 Å². The summed E-state index contributed by atoms with van der Waals surface area (Å²) in [7, 11) is -1.84. The standard InChI is InChI=1S/C23H33BrN4O2Si/c1-23(2,3)31(4,5)30-17-7-6-12-28(15-17)19-10-11-26-14-16(19)13-20(29)22-18(25)8-9-21(24)27-22/h8-11,14,17H,6-7,12-13,15,25H2,1-5H3/t17-/m1/s1. The summed E-state index contributed by atoms with van der Waals surface area (Å²) in [5.74, 6) is -0.112. The molecule has 0 amide bonds. The molecule has 0 aliphatic carbocycles. The van der Waals surface area contributed by atoms with Crippen LogP contribution in [0.4, 0.5) is 11.4 Å². The van der Waals surface area contributed by atoms with Crippen molar-refractivity contribution in [2.45, 2.75) is 64.3 Å². The number of piperidine rings is 1. The van der Waals surface area contributed by atoms with Crippen molar-refractivity contribution < 1.29 is 9.22 Å². The molecular weight excluding hydrogens is 472 g/mol. The predicted molar refractivity (Wildman–Crippen MR) is 132 cm³/mol. The zero-order chi connectivity index (χ0) is 22.8. The van der Waals surface area contributed by atoms with Gasteiger partial charge in [-0.2, -0.15) is 0 Å². The molecule has 3 rings (SSSR count). The van der Waals surface area contributed by atoms with Crippen LogP contribution in [0, 0.1) is 0 Å². The van der Waals surface area contributed by atoms with Gasteiger partial charge in [0.15, 0.2) is 14.1 Å². The van der Waals surface area contributed by atoms with Crippen LogP contribution in [0.25, 0.3) is 0 Å². The minimum Gasteiger partial charge on any atom is -0.412 e. The van der Waals surface area contributed by atoms with Gasteiger partial charge in [-0.1, -0.05) is 20.8 Å². The molecule has 1 atom stereocenters. The fraction of sp³-hybridized carbons (Fsp3) is 0.522. The topological polar surface area (TPSA) is 81.3 Å². The number of nitrogens with zero attached hydrogens (tertiary/aromatic N) is 3. The number of hydrogen-bond acceptors (Lipinski definition) is 6. The summed E-state index contributed by atoms with van der Waals surface area (Å²) < 4.78 is 7.29. The fourth-order valence-electron chi connectivity index (χ4n) is 3.64. The molecule has 0 radical (unpaired) electrons. The molecule has 0 bridgehead atoms. The Labute approximate surface area is 194 Å². The SMILES string of the molecule is CC(C)(C)[Si](C)(C)O[C@@H]1CCCN(c2ccncc2CC(=O)c2nc(Br)ccc2N)C1. The molecule has 1 fully saturated rings.